The van der Waals surface area contributed by atoms with Gasteiger partial charge in [-0.25, -0.2) is 8.78 Å². The molecule has 0 fully saturated rings. The number of amides is 1. The minimum atomic E-state index is -0.757. The number of fused-ring (bicyclic) bond motifs is 1. The molecule has 2 aromatic rings. The average molecular weight is 363 g/mol. The summed E-state index contributed by atoms with van der Waals surface area (Å²) in [6.45, 7) is 0.325. The summed E-state index contributed by atoms with van der Waals surface area (Å²) in [7, 11) is 4.36. The molecule has 138 valence electrons. The first kappa shape index (κ1) is 18.0. The van der Waals surface area contributed by atoms with Crippen molar-refractivity contribution in [1.82, 2.24) is 0 Å². The molecule has 0 spiro atoms. The van der Waals surface area contributed by atoms with Crippen molar-refractivity contribution in [3.05, 3.63) is 47.0 Å². The van der Waals surface area contributed by atoms with E-state index in [9.17, 15) is 13.6 Å². The van der Waals surface area contributed by atoms with Crippen molar-refractivity contribution in [2.75, 3.05) is 32.8 Å². The standard InChI is InChI=1S/C19H19F2NO4/c1-24-15-10-17(26-3)16(25-2)9-13(15)19(23)22-6-4-5-11-7-12(20)8-14(21)18(11)22/h7-10H,4-6H2,1-3H3. The second-order valence-corrected chi connectivity index (χ2v) is 5.86. The number of hydrogen-bond acceptors (Lipinski definition) is 4. The van der Waals surface area contributed by atoms with E-state index in [1.165, 1.54) is 44.4 Å². The van der Waals surface area contributed by atoms with Gasteiger partial charge in [0.05, 0.1) is 32.6 Å². The van der Waals surface area contributed by atoms with Crippen LogP contribution in [0.4, 0.5) is 14.5 Å². The molecule has 5 nitrogen and oxygen atoms in total. The van der Waals surface area contributed by atoms with Crippen LogP contribution in [0.25, 0.3) is 0 Å². The Labute approximate surface area is 150 Å². The first-order valence-electron chi connectivity index (χ1n) is 8.10. The molecule has 0 radical (unpaired) electrons. The zero-order valence-electron chi connectivity index (χ0n) is 14.8. The minimum absolute atomic E-state index is 0.111. The third-order valence-electron chi connectivity index (χ3n) is 4.39. The van der Waals surface area contributed by atoms with Crippen LogP contribution in [-0.2, 0) is 6.42 Å². The zero-order chi connectivity index (χ0) is 18.8. The molecule has 0 saturated carbocycles. The molecule has 26 heavy (non-hydrogen) atoms. The molecule has 0 saturated heterocycles. The topological polar surface area (TPSA) is 48.0 Å². The van der Waals surface area contributed by atoms with E-state index in [0.717, 1.165) is 6.07 Å². The van der Waals surface area contributed by atoms with Crippen LogP contribution in [0.3, 0.4) is 0 Å². The number of carbonyl (C=O) groups is 1. The van der Waals surface area contributed by atoms with Gasteiger partial charge in [0.25, 0.3) is 5.91 Å². The number of benzene rings is 2. The van der Waals surface area contributed by atoms with Crippen molar-refractivity contribution in [3.8, 4) is 17.2 Å². The number of rotatable bonds is 4. The fourth-order valence-electron chi connectivity index (χ4n) is 3.20. The molecule has 0 aromatic heterocycles. The molecule has 0 aliphatic carbocycles. The molecule has 0 bridgehead atoms. The third kappa shape index (κ3) is 3.05. The van der Waals surface area contributed by atoms with Crippen LogP contribution in [0.1, 0.15) is 22.3 Å². The van der Waals surface area contributed by atoms with E-state index in [-0.39, 0.29) is 17.0 Å². The Morgan fingerprint density at radius 1 is 0.962 bits per heavy atom. The maximum atomic E-state index is 14.4. The molecule has 1 amide bonds. The predicted molar refractivity (Wildman–Crippen MR) is 92.5 cm³/mol. The fraction of sp³-hybridized carbons (Fsp3) is 0.316. The van der Waals surface area contributed by atoms with Gasteiger partial charge in [0, 0.05) is 24.7 Å². The molecule has 1 heterocycles. The lowest BCUT2D eigenvalue weighted by Gasteiger charge is -2.30. The van der Waals surface area contributed by atoms with Crippen LogP contribution in [0.15, 0.2) is 24.3 Å². The highest BCUT2D eigenvalue weighted by molar-refractivity contribution is 6.09. The van der Waals surface area contributed by atoms with Crippen LogP contribution in [0, 0.1) is 11.6 Å². The van der Waals surface area contributed by atoms with Crippen LogP contribution in [0.2, 0.25) is 0 Å². The predicted octanol–water partition coefficient (Wildman–Crippen LogP) is 3.58. The lowest BCUT2D eigenvalue weighted by molar-refractivity contribution is 0.0980. The summed E-state index contributed by atoms with van der Waals surface area (Å²) in [6.07, 6.45) is 1.12. The summed E-state index contributed by atoms with van der Waals surface area (Å²) in [5.74, 6) is -0.815. The zero-order valence-corrected chi connectivity index (χ0v) is 14.8. The summed E-state index contributed by atoms with van der Waals surface area (Å²) >= 11 is 0. The second kappa shape index (κ2) is 7.19. The summed E-state index contributed by atoms with van der Waals surface area (Å²) < 4.78 is 43.7. The molecule has 3 rings (SSSR count). The molecular weight excluding hydrogens is 344 g/mol. The summed E-state index contributed by atoms with van der Waals surface area (Å²) in [5.41, 5.74) is 0.794. The SMILES string of the molecule is COc1cc(OC)c(C(=O)N2CCCc3cc(F)cc(F)c32)cc1OC. The Morgan fingerprint density at radius 2 is 1.62 bits per heavy atom. The maximum Gasteiger partial charge on any atom is 0.262 e. The van der Waals surface area contributed by atoms with Crippen LogP contribution in [-0.4, -0.2) is 33.8 Å². The van der Waals surface area contributed by atoms with Crippen molar-refractivity contribution in [2.45, 2.75) is 12.8 Å². The normalized spacial score (nSPS) is 13.2. The number of methoxy groups -OCH3 is 3. The van der Waals surface area contributed by atoms with E-state index in [0.29, 0.717) is 36.4 Å². The van der Waals surface area contributed by atoms with E-state index >= 15 is 0 Å². The van der Waals surface area contributed by atoms with E-state index < -0.39 is 17.5 Å². The average Bonchev–Trinajstić information content (AvgIpc) is 2.65. The van der Waals surface area contributed by atoms with E-state index in [1.54, 1.807) is 0 Å². The van der Waals surface area contributed by atoms with Gasteiger partial charge >= 0.3 is 0 Å². The summed E-state index contributed by atoms with van der Waals surface area (Å²) in [6, 6.07) is 5.09. The first-order valence-corrected chi connectivity index (χ1v) is 8.10. The lowest BCUT2D eigenvalue weighted by Crippen LogP contribution is -2.36. The number of aryl methyl sites for hydroxylation is 1. The van der Waals surface area contributed by atoms with Gasteiger partial charge in [-0.15, -0.1) is 0 Å². The molecule has 2 aromatic carbocycles. The first-order chi connectivity index (χ1) is 12.5. The van der Waals surface area contributed by atoms with Gasteiger partial charge in [0.15, 0.2) is 11.5 Å². The van der Waals surface area contributed by atoms with Gasteiger partial charge in [-0.2, -0.15) is 0 Å². The molecule has 0 unspecified atom stereocenters. The van der Waals surface area contributed by atoms with Crippen LogP contribution >= 0.6 is 0 Å². The Hall–Kier alpha value is -2.83. The van der Waals surface area contributed by atoms with Gasteiger partial charge in [-0.3, -0.25) is 4.79 Å². The highest BCUT2D eigenvalue weighted by Gasteiger charge is 2.30. The third-order valence-corrected chi connectivity index (χ3v) is 4.39. The van der Waals surface area contributed by atoms with E-state index in [2.05, 4.69) is 0 Å². The monoisotopic (exact) mass is 363 g/mol. The van der Waals surface area contributed by atoms with Crippen molar-refractivity contribution < 1.29 is 27.8 Å². The number of carbonyl (C=O) groups excluding carboxylic acids is 1. The molecule has 0 N–H and O–H groups in total. The molecule has 0 atom stereocenters. The van der Waals surface area contributed by atoms with E-state index in [1.807, 2.05) is 0 Å². The summed E-state index contributed by atoms with van der Waals surface area (Å²) in [5, 5.41) is 0. The second-order valence-electron chi connectivity index (χ2n) is 5.86. The largest absolute Gasteiger partial charge is 0.496 e. The maximum absolute atomic E-state index is 14.4. The van der Waals surface area contributed by atoms with Gasteiger partial charge in [-0.05, 0) is 24.5 Å². The molecule has 7 heteroatoms. The van der Waals surface area contributed by atoms with Crippen molar-refractivity contribution in [3.63, 3.8) is 0 Å². The quantitative estimate of drug-likeness (QED) is 0.833. The number of ether oxygens (including phenoxy) is 3. The van der Waals surface area contributed by atoms with Gasteiger partial charge in [0.2, 0.25) is 0 Å². The lowest BCUT2D eigenvalue weighted by atomic mass is 9.99. The van der Waals surface area contributed by atoms with E-state index in [4.69, 9.17) is 14.2 Å². The smallest absolute Gasteiger partial charge is 0.262 e. The van der Waals surface area contributed by atoms with Crippen molar-refractivity contribution >= 4 is 11.6 Å². The molecule has 1 aliphatic heterocycles. The van der Waals surface area contributed by atoms with Crippen LogP contribution in [0.5, 0.6) is 17.2 Å². The van der Waals surface area contributed by atoms with Crippen molar-refractivity contribution in [1.29, 1.82) is 0 Å². The van der Waals surface area contributed by atoms with Crippen LogP contribution < -0.4 is 19.1 Å². The number of anilines is 1. The molecular formula is C19H19F2NO4. The minimum Gasteiger partial charge on any atom is -0.496 e. The van der Waals surface area contributed by atoms with Crippen molar-refractivity contribution in [2.24, 2.45) is 0 Å². The number of halogens is 2. The van der Waals surface area contributed by atoms with Gasteiger partial charge in [-0.1, -0.05) is 0 Å². The van der Waals surface area contributed by atoms with Gasteiger partial charge in [0.1, 0.15) is 17.4 Å². The Balaban J connectivity index is 2.09. The Kier molecular flexibility index (Phi) is 4.97. The Morgan fingerprint density at radius 3 is 2.27 bits per heavy atom. The summed E-state index contributed by atoms with van der Waals surface area (Å²) in [4.78, 5) is 14.5. The van der Waals surface area contributed by atoms with Gasteiger partial charge < -0.3 is 19.1 Å². The highest BCUT2D eigenvalue weighted by Crippen LogP contribution is 2.38. The highest BCUT2D eigenvalue weighted by atomic mass is 19.1. The molecule has 1 aliphatic rings. The number of hydrogen-bond donors (Lipinski definition) is 0. The fourth-order valence-corrected chi connectivity index (χ4v) is 3.20. The Bertz CT molecular complexity index is 854. The number of nitrogens with zero attached hydrogens (tertiary/aromatic N) is 1.